The van der Waals surface area contributed by atoms with E-state index >= 15 is 0 Å². The Balaban J connectivity index is 1.80. The molecule has 3 heteroatoms. The van der Waals surface area contributed by atoms with Crippen LogP contribution in [0.4, 0.5) is 5.69 Å². The second-order valence-electron chi connectivity index (χ2n) is 5.49. The third kappa shape index (κ3) is 1.83. The Kier molecular flexibility index (Phi) is 2.78. The fraction of sp³-hybridized carbons (Fsp3) is 0.235. The van der Waals surface area contributed by atoms with E-state index in [-0.39, 0.29) is 0 Å². The van der Waals surface area contributed by atoms with Crippen molar-refractivity contribution >= 4 is 17.3 Å². The molecule has 0 saturated heterocycles. The Morgan fingerprint density at radius 3 is 3.05 bits per heavy atom. The van der Waals surface area contributed by atoms with Gasteiger partial charge in [-0.3, -0.25) is 4.98 Å². The summed E-state index contributed by atoms with van der Waals surface area (Å²) in [7, 11) is 0. The molecule has 2 aliphatic rings. The van der Waals surface area contributed by atoms with Gasteiger partial charge in [-0.2, -0.15) is 0 Å². The molecule has 0 amide bonds. The van der Waals surface area contributed by atoms with Crippen LogP contribution in [0.3, 0.4) is 0 Å². The van der Waals surface area contributed by atoms with Crippen molar-refractivity contribution < 1.29 is 0 Å². The van der Waals surface area contributed by atoms with Gasteiger partial charge in [-0.15, -0.1) is 0 Å². The molecular formula is C17H15ClN2. The van der Waals surface area contributed by atoms with Gasteiger partial charge in [-0.05, 0) is 47.7 Å². The van der Waals surface area contributed by atoms with Crippen molar-refractivity contribution in [3.63, 3.8) is 0 Å². The van der Waals surface area contributed by atoms with Gasteiger partial charge < -0.3 is 5.32 Å². The average Bonchev–Trinajstić information content (AvgIpc) is 2.97. The summed E-state index contributed by atoms with van der Waals surface area (Å²) >= 11 is 6.16. The zero-order chi connectivity index (χ0) is 13.5. The SMILES string of the molecule is Clc1ccc2c(c1)C1C=CCC1C(c1cccnc1)N2. The Morgan fingerprint density at radius 1 is 1.25 bits per heavy atom. The van der Waals surface area contributed by atoms with Crippen LogP contribution in [0.15, 0.2) is 54.9 Å². The third-order valence-corrected chi connectivity index (χ3v) is 4.60. The molecule has 1 aliphatic carbocycles. The first kappa shape index (κ1) is 12.0. The average molecular weight is 283 g/mol. The molecular weight excluding hydrogens is 268 g/mol. The third-order valence-electron chi connectivity index (χ3n) is 4.37. The number of pyridine rings is 1. The maximum atomic E-state index is 6.16. The minimum atomic E-state index is 0.317. The van der Waals surface area contributed by atoms with Crippen LogP contribution in [0.2, 0.25) is 5.02 Å². The molecule has 2 heterocycles. The lowest BCUT2D eigenvalue weighted by Crippen LogP contribution is -2.29. The topological polar surface area (TPSA) is 24.9 Å². The van der Waals surface area contributed by atoms with Gasteiger partial charge in [0.15, 0.2) is 0 Å². The summed E-state index contributed by atoms with van der Waals surface area (Å²) in [5, 5.41) is 4.48. The van der Waals surface area contributed by atoms with E-state index in [0.717, 1.165) is 11.4 Å². The van der Waals surface area contributed by atoms with Crippen molar-refractivity contribution in [3.8, 4) is 0 Å². The van der Waals surface area contributed by atoms with E-state index in [1.807, 2.05) is 24.5 Å². The number of halogens is 1. The molecule has 1 aromatic carbocycles. The molecule has 1 aromatic heterocycles. The summed E-state index contributed by atoms with van der Waals surface area (Å²) in [5.74, 6) is 1.00. The second-order valence-corrected chi connectivity index (χ2v) is 5.93. The minimum absolute atomic E-state index is 0.317. The molecule has 0 radical (unpaired) electrons. The molecule has 0 saturated carbocycles. The first-order valence-corrected chi connectivity index (χ1v) is 7.33. The van der Waals surface area contributed by atoms with Crippen molar-refractivity contribution in [1.82, 2.24) is 4.98 Å². The Labute approximate surface area is 123 Å². The molecule has 2 aromatic rings. The van der Waals surface area contributed by atoms with Crippen LogP contribution in [0.5, 0.6) is 0 Å². The van der Waals surface area contributed by atoms with Crippen LogP contribution >= 0.6 is 11.6 Å². The van der Waals surface area contributed by atoms with Crippen molar-refractivity contribution in [2.45, 2.75) is 18.4 Å². The van der Waals surface area contributed by atoms with Crippen molar-refractivity contribution in [3.05, 3.63) is 71.0 Å². The number of aromatic nitrogens is 1. The van der Waals surface area contributed by atoms with Crippen LogP contribution in [0.25, 0.3) is 0 Å². The maximum absolute atomic E-state index is 6.16. The first-order chi connectivity index (χ1) is 9.83. The van der Waals surface area contributed by atoms with Crippen molar-refractivity contribution in [2.75, 3.05) is 5.32 Å². The normalized spacial score (nSPS) is 26.8. The number of rotatable bonds is 1. The van der Waals surface area contributed by atoms with E-state index < -0.39 is 0 Å². The smallest absolute Gasteiger partial charge is 0.0569 e. The molecule has 20 heavy (non-hydrogen) atoms. The van der Waals surface area contributed by atoms with Gasteiger partial charge in [0.25, 0.3) is 0 Å². The fourth-order valence-electron chi connectivity index (χ4n) is 3.46. The van der Waals surface area contributed by atoms with E-state index in [1.165, 1.54) is 16.8 Å². The first-order valence-electron chi connectivity index (χ1n) is 6.95. The monoisotopic (exact) mass is 282 g/mol. The Hall–Kier alpha value is -1.80. The molecule has 1 aliphatic heterocycles. The second kappa shape index (κ2) is 4.64. The van der Waals surface area contributed by atoms with Gasteiger partial charge in [0.1, 0.15) is 0 Å². The maximum Gasteiger partial charge on any atom is 0.0569 e. The highest BCUT2D eigenvalue weighted by Gasteiger charge is 2.37. The van der Waals surface area contributed by atoms with Gasteiger partial charge in [-0.25, -0.2) is 0 Å². The minimum Gasteiger partial charge on any atom is -0.378 e. The number of fused-ring (bicyclic) bond motifs is 3. The lowest BCUT2D eigenvalue weighted by atomic mass is 9.77. The number of nitrogens with zero attached hydrogens (tertiary/aromatic N) is 1. The molecule has 3 atom stereocenters. The molecule has 4 rings (SSSR count). The van der Waals surface area contributed by atoms with Crippen LogP contribution in [-0.4, -0.2) is 4.98 Å². The number of allylic oxidation sites excluding steroid dienone is 2. The lowest BCUT2D eigenvalue weighted by Gasteiger charge is -2.37. The van der Waals surface area contributed by atoms with Crippen molar-refractivity contribution in [1.29, 1.82) is 0 Å². The largest absolute Gasteiger partial charge is 0.378 e. The van der Waals surface area contributed by atoms with Gasteiger partial charge in [0.05, 0.1) is 6.04 Å². The molecule has 0 bridgehead atoms. The summed E-state index contributed by atoms with van der Waals surface area (Å²) in [6, 6.07) is 10.6. The van der Waals surface area contributed by atoms with Crippen LogP contribution in [-0.2, 0) is 0 Å². The number of hydrogen-bond donors (Lipinski definition) is 1. The van der Waals surface area contributed by atoms with E-state index in [4.69, 9.17) is 11.6 Å². The highest BCUT2D eigenvalue weighted by Crippen LogP contribution is 2.50. The Bertz CT molecular complexity index is 666. The molecule has 0 spiro atoms. The number of anilines is 1. The molecule has 2 nitrogen and oxygen atoms in total. The van der Waals surface area contributed by atoms with E-state index in [9.17, 15) is 0 Å². The summed E-state index contributed by atoms with van der Waals surface area (Å²) in [5.41, 5.74) is 3.76. The van der Waals surface area contributed by atoms with E-state index in [2.05, 4.69) is 40.7 Å². The molecule has 100 valence electrons. The number of hydrogen-bond acceptors (Lipinski definition) is 2. The standard InChI is InChI=1S/C17H15ClN2/c18-12-6-7-16-15(9-12)13-4-1-5-14(13)17(20-16)11-3-2-8-19-10-11/h1-4,6-10,13-14,17,20H,5H2. The zero-order valence-corrected chi connectivity index (χ0v) is 11.7. The van der Waals surface area contributed by atoms with Gasteiger partial charge >= 0.3 is 0 Å². The van der Waals surface area contributed by atoms with E-state index in [0.29, 0.717) is 17.9 Å². The fourth-order valence-corrected chi connectivity index (χ4v) is 3.64. The van der Waals surface area contributed by atoms with Gasteiger partial charge in [0, 0.05) is 29.0 Å². The summed E-state index contributed by atoms with van der Waals surface area (Å²) in [4.78, 5) is 4.26. The highest BCUT2D eigenvalue weighted by atomic mass is 35.5. The highest BCUT2D eigenvalue weighted by molar-refractivity contribution is 6.30. The number of benzene rings is 1. The van der Waals surface area contributed by atoms with Crippen LogP contribution in [0.1, 0.15) is 29.5 Å². The predicted molar refractivity (Wildman–Crippen MR) is 82.0 cm³/mol. The van der Waals surface area contributed by atoms with Crippen LogP contribution in [0, 0.1) is 5.92 Å². The van der Waals surface area contributed by atoms with Crippen molar-refractivity contribution in [2.24, 2.45) is 5.92 Å². The molecule has 3 unspecified atom stereocenters. The predicted octanol–water partition coefficient (Wildman–Crippen LogP) is 4.56. The lowest BCUT2D eigenvalue weighted by molar-refractivity contribution is 0.425. The summed E-state index contributed by atoms with van der Waals surface area (Å²) < 4.78 is 0. The number of nitrogens with one attached hydrogen (secondary N) is 1. The van der Waals surface area contributed by atoms with Gasteiger partial charge in [-0.1, -0.05) is 29.8 Å². The molecule has 0 fully saturated rings. The zero-order valence-electron chi connectivity index (χ0n) is 11.0. The molecule has 1 N–H and O–H groups in total. The van der Waals surface area contributed by atoms with E-state index in [1.54, 1.807) is 0 Å². The van der Waals surface area contributed by atoms with Crippen LogP contribution < -0.4 is 5.32 Å². The van der Waals surface area contributed by atoms with Gasteiger partial charge in [0.2, 0.25) is 0 Å². The quantitative estimate of drug-likeness (QED) is 0.776. The summed E-state index contributed by atoms with van der Waals surface area (Å²) in [6.45, 7) is 0. The summed E-state index contributed by atoms with van der Waals surface area (Å²) in [6.07, 6.45) is 9.50. The Morgan fingerprint density at radius 2 is 2.20 bits per heavy atom.